The van der Waals surface area contributed by atoms with Gasteiger partial charge in [0.05, 0.1) is 11.0 Å². The van der Waals surface area contributed by atoms with Crippen molar-refractivity contribution in [2.75, 3.05) is 0 Å². The molecule has 0 aliphatic carbocycles. The molecule has 0 aliphatic rings. The number of fused-ring (bicyclic) bond motifs is 3. The van der Waals surface area contributed by atoms with Crippen molar-refractivity contribution in [3.63, 3.8) is 0 Å². The van der Waals surface area contributed by atoms with Crippen molar-refractivity contribution < 1.29 is 19.8 Å². The second-order valence-electron chi connectivity index (χ2n) is 7.34. The van der Waals surface area contributed by atoms with Crippen molar-refractivity contribution in [2.45, 2.75) is 0 Å². The second kappa shape index (κ2) is 9.01. The first-order valence-electron chi connectivity index (χ1n) is 10.2. The molecule has 2 N–H and O–H groups in total. The number of nitrogens with zero attached hydrogens (tertiary/aromatic N) is 2. The van der Waals surface area contributed by atoms with Crippen LogP contribution in [0.5, 0.6) is 0 Å². The predicted octanol–water partition coefficient (Wildman–Crippen LogP) is 6.64. The summed E-state index contributed by atoms with van der Waals surface area (Å²) in [6, 6.07) is 14.6. The molecule has 6 nitrogen and oxygen atoms in total. The summed E-state index contributed by atoms with van der Waals surface area (Å²) in [6.07, 6.45) is 11.2. The first-order chi connectivity index (χ1) is 16.5. The molecule has 0 atom stereocenters. The van der Waals surface area contributed by atoms with Crippen LogP contribution >= 0.6 is 22.7 Å². The first-order valence-corrected chi connectivity index (χ1v) is 11.8. The number of aromatic carboxylic acids is 2. The summed E-state index contributed by atoms with van der Waals surface area (Å²) in [5.74, 6) is -1.86. The SMILES string of the molecule is O=C(O)c1ccc(/C=C/c2ccnc3c2ccc2c(/C=C/c4ccc(C(=O)O)s4)ccnc23)s1. The fourth-order valence-electron chi connectivity index (χ4n) is 3.62. The summed E-state index contributed by atoms with van der Waals surface area (Å²) in [4.78, 5) is 33.7. The van der Waals surface area contributed by atoms with E-state index in [1.807, 2.05) is 48.6 Å². The van der Waals surface area contributed by atoms with Crippen molar-refractivity contribution in [1.82, 2.24) is 9.97 Å². The molecule has 0 saturated heterocycles. The van der Waals surface area contributed by atoms with Crippen LogP contribution in [-0.4, -0.2) is 32.1 Å². The first kappa shape index (κ1) is 21.7. The Bertz CT molecular complexity index is 1510. The number of benzene rings is 1. The highest BCUT2D eigenvalue weighted by Crippen LogP contribution is 2.29. The highest BCUT2D eigenvalue weighted by molar-refractivity contribution is 7.15. The van der Waals surface area contributed by atoms with Crippen LogP contribution in [0.3, 0.4) is 0 Å². The highest BCUT2D eigenvalue weighted by Gasteiger charge is 2.09. The Balaban J connectivity index is 1.52. The Morgan fingerprint density at radius 3 is 1.44 bits per heavy atom. The summed E-state index contributed by atoms with van der Waals surface area (Å²) in [5.41, 5.74) is 3.47. The van der Waals surface area contributed by atoms with Crippen LogP contribution in [0.15, 0.2) is 60.9 Å². The molecule has 0 fully saturated rings. The van der Waals surface area contributed by atoms with E-state index in [9.17, 15) is 9.59 Å². The number of carboxylic acid groups (broad SMARTS) is 2. The van der Waals surface area contributed by atoms with E-state index in [2.05, 4.69) is 9.97 Å². The van der Waals surface area contributed by atoms with Crippen LogP contribution in [0.2, 0.25) is 0 Å². The number of thiophene rings is 2. The summed E-state index contributed by atoms with van der Waals surface area (Å²) in [6.45, 7) is 0. The molecule has 5 rings (SSSR count). The molecule has 0 amide bonds. The predicted molar refractivity (Wildman–Crippen MR) is 137 cm³/mol. The lowest BCUT2D eigenvalue weighted by atomic mass is 10.0. The molecule has 34 heavy (non-hydrogen) atoms. The van der Waals surface area contributed by atoms with Crippen molar-refractivity contribution in [1.29, 1.82) is 0 Å². The van der Waals surface area contributed by atoms with Gasteiger partial charge in [-0.1, -0.05) is 24.3 Å². The van der Waals surface area contributed by atoms with Crippen LogP contribution in [0.25, 0.3) is 46.1 Å². The molecule has 4 aromatic heterocycles. The molecule has 5 aromatic rings. The highest BCUT2D eigenvalue weighted by atomic mass is 32.1. The normalized spacial score (nSPS) is 11.8. The van der Waals surface area contributed by atoms with E-state index < -0.39 is 11.9 Å². The Labute approximate surface area is 201 Å². The zero-order chi connectivity index (χ0) is 23.7. The maximum absolute atomic E-state index is 11.1. The van der Waals surface area contributed by atoms with Gasteiger partial charge in [-0.25, -0.2) is 9.59 Å². The molecule has 4 heterocycles. The number of aromatic nitrogens is 2. The minimum atomic E-state index is -0.928. The zero-order valence-electron chi connectivity index (χ0n) is 17.5. The van der Waals surface area contributed by atoms with Gasteiger partial charge in [0.25, 0.3) is 0 Å². The number of hydrogen-bond acceptors (Lipinski definition) is 6. The average Bonchev–Trinajstić information content (AvgIpc) is 3.51. The van der Waals surface area contributed by atoms with Crippen LogP contribution < -0.4 is 0 Å². The Morgan fingerprint density at radius 2 is 1.06 bits per heavy atom. The van der Waals surface area contributed by atoms with Crippen molar-refractivity contribution in [2.24, 2.45) is 0 Å². The monoisotopic (exact) mass is 484 g/mol. The molecule has 0 bridgehead atoms. The van der Waals surface area contributed by atoms with Crippen molar-refractivity contribution >= 4 is 80.7 Å². The van der Waals surface area contributed by atoms with E-state index in [4.69, 9.17) is 10.2 Å². The summed E-state index contributed by atoms with van der Waals surface area (Å²) < 4.78 is 0. The van der Waals surface area contributed by atoms with E-state index in [0.29, 0.717) is 9.75 Å². The van der Waals surface area contributed by atoms with Crippen molar-refractivity contribution in [3.05, 3.63) is 91.6 Å². The molecule has 1 aromatic carbocycles. The van der Waals surface area contributed by atoms with Crippen LogP contribution in [0.4, 0.5) is 0 Å². The van der Waals surface area contributed by atoms with Gasteiger partial charge in [-0.15, -0.1) is 22.7 Å². The quantitative estimate of drug-likeness (QED) is 0.262. The molecule has 0 radical (unpaired) electrons. The minimum absolute atomic E-state index is 0.303. The van der Waals surface area contributed by atoms with Gasteiger partial charge in [0.2, 0.25) is 0 Å². The summed E-state index contributed by atoms with van der Waals surface area (Å²) >= 11 is 2.45. The molecule has 166 valence electrons. The number of hydrogen-bond donors (Lipinski definition) is 2. The number of pyridine rings is 2. The van der Waals surface area contributed by atoms with Gasteiger partial charge in [0.1, 0.15) is 9.75 Å². The van der Waals surface area contributed by atoms with E-state index in [-0.39, 0.29) is 0 Å². The molecule has 0 unspecified atom stereocenters. The standard InChI is InChI=1S/C26H16N2O4S2/c29-25(30)21-9-5-17(33-21)3-1-15-11-13-27-23-19(15)7-8-20-16(12-14-28-24(20)23)2-4-18-6-10-22(34-18)26(31)32/h1-14H,(H,29,30)(H,31,32)/b3-1+,4-2+. The smallest absolute Gasteiger partial charge is 0.345 e. The summed E-state index contributed by atoms with van der Waals surface area (Å²) in [5, 5.41) is 20.1. The van der Waals surface area contributed by atoms with E-state index >= 15 is 0 Å². The molecule has 0 aliphatic heterocycles. The van der Waals surface area contributed by atoms with Crippen molar-refractivity contribution in [3.8, 4) is 0 Å². The lowest BCUT2D eigenvalue weighted by Crippen LogP contribution is -1.89. The van der Waals surface area contributed by atoms with Gasteiger partial charge in [0, 0.05) is 32.9 Å². The number of rotatable bonds is 6. The summed E-state index contributed by atoms with van der Waals surface area (Å²) in [7, 11) is 0. The third-order valence-electron chi connectivity index (χ3n) is 5.22. The van der Waals surface area contributed by atoms with Gasteiger partial charge < -0.3 is 10.2 Å². The lowest BCUT2D eigenvalue weighted by molar-refractivity contribution is 0.0691. The van der Waals surface area contributed by atoms with Crippen LogP contribution in [-0.2, 0) is 0 Å². The Morgan fingerprint density at radius 1 is 0.618 bits per heavy atom. The van der Waals surface area contributed by atoms with Crippen LogP contribution in [0.1, 0.15) is 40.2 Å². The van der Waals surface area contributed by atoms with Gasteiger partial charge in [-0.05, 0) is 59.7 Å². The van der Waals surface area contributed by atoms with Crippen LogP contribution in [0, 0.1) is 0 Å². The number of carboxylic acids is 2. The van der Waals surface area contributed by atoms with Gasteiger partial charge in [-0.2, -0.15) is 0 Å². The molecule has 0 spiro atoms. The topological polar surface area (TPSA) is 100 Å². The maximum atomic E-state index is 11.1. The molecule has 8 heteroatoms. The van der Waals surface area contributed by atoms with Gasteiger partial charge >= 0.3 is 11.9 Å². The molecular formula is C26H16N2O4S2. The fourth-order valence-corrected chi connectivity index (χ4v) is 5.12. The zero-order valence-corrected chi connectivity index (χ0v) is 19.1. The van der Waals surface area contributed by atoms with E-state index in [1.165, 1.54) is 22.7 Å². The van der Waals surface area contributed by atoms with Gasteiger partial charge in [-0.3, -0.25) is 9.97 Å². The maximum Gasteiger partial charge on any atom is 0.345 e. The second-order valence-corrected chi connectivity index (χ2v) is 9.57. The third-order valence-corrected chi connectivity index (χ3v) is 7.30. The number of carbonyl (C=O) groups is 2. The largest absolute Gasteiger partial charge is 0.477 e. The third kappa shape index (κ3) is 4.24. The average molecular weight is 485 g/mol. The molecule has 0 saturated carbocycles. The fraction of sp³-hybridized carbons (Fsp3) is 0. The Hall–Kier alpha value is -4.14. The lowest BCUT2D eigenvalue weighted by Gasteiger charge is -2.07. The van der Waals surface area contributed by atoms with E-state index in [1.54, 1.807) is 36.7 Å². The molecular weight excluding hydrogens is 468 g/mol. The van der Waals surface area contributed by atoms with Gasteiger partial charge in [0.15, 0.2) is 0 Å². The minimum Gasteiger partial charge on any atom is -0.477 e. The van der Waals surface area contributed by atoms with E-state index in [0.717, 1.165) is 42.7 Å². The Kier molecular flexibility index (Phi) is 5.75.